The molecule has 1 aromatic rings. The van der Waals surface area contributed by atoms with Crippen molar-refractivity contribution in [2.75, 3.05) is 29.8 Å². The molecule has 0 aromatic heterocycles. The van der Waals surface area contributed by atoms with Crippen molar-refractivity contribution in [3.8, 4) is 0 Å². The Morgan fingerprint density at radius 2 is 1.88 bits per heavy atom. The van der Waals surface area contributed by atoms with Gasteiger partial charge in [-0.25, -0.2) is 12.7 Å². The highest BCUT2D eigenvalue weighted by molar-refractivity contribution is 7.94. The van der Waals surface area contributed by atoms with Crippen LogP contribution in [0.3, 0.4) is 0 Å². The van der Waals surface area contributed by atoms with Gasteiger partial charge in [-0.3, -0.25) is 9.59 Å². The van der Waals surface area contributed by atoms with Gasteiger partial charge in [0.1, 0.15) is 0 Å². The zero-order valence-electron chi connectivity index (χ0n) is 13.9. The number of nitrogens with zero attached hydrogens (tertiary/aromatic N) is 1. The van der Waals surface area contributed by atoms with E-state index in [9.17, 15) is 18.0 Å². The molecule has 0 unspecified atom stereocenters. The summed E-state index contributed by atoms with van der Waals surface area (Å²) in [7, 11) is -3.60. The van der Waals surface area contributed by atoms with Gasteiger partial charge in [0.2, 0.25) is 15.9 Å². The van der Waals surface area contributed by atoms with Crippen LogP contribution >= 0.6 is 0 Å². The summed E-state index contributed by atoms with van der Waals surface area (Å²) in [4.78, 5) is 23.9. The summed E-state index contributed by atoms with van der Waals surface area (Å²) in [6, 6.07) is 5.91. The molecule has 1 aromatic carbocycles. The monoisotopic (exact) mass is 368 g/mol. The number of ether oxygens (including phenoxy) is 2. The minimum Gasteiger partial charge on any atom is -0.352 e. The second-order valence-electron chi connectivity index (χ2n) is 6.11. The highest BCUT2D eigenvalue weighted by Gasteiger charge is 2.36. The largest absolute Gasteiger partial charge is 0.352 e. The van der Waals surface area contributed by atoms with Crippen LogP contribution in [0, 0.1) is 0 Å². The van der Waals surface area contributed by atoms with Crippen molar-refractivity contribution in [1.82, 2.24) is 5.32 Å². The topological polar surface area (TPSA) is 102 Å². The molecule has 2 aliphatic rings. The SMILES string of the molecule is CC1(CCNC(=O)c2ccc(N3C(=O)CCS3(=O)=O)cc2)OCCO1. The maximum atomic E-state index is 12.2. The van der Waals surface area contributed by atoms with Crippen molar-refractivity contribution in [2.24, 2.45) is 0 Å². The lowest BCUT2D eigenvalue weighted by molar-refractivity contribution is -0.145. The molecular weight excluding hydrogens is 348 g/mol. The number of anilines is 1. The molecule has 2 heterocycles. The van der Waals surface area contributed by atoms with Crippen LogP contribution in [-0.4, -0.2) is 51.5 Å². The van der Waals surface area contributed by atoms with Gasteiger partial charge in [0.05, 0.1) is 24.7 Å². The van der Waals surface area contributed by atoms with Gasteiger partial charge in [-0.2, -0.15) is 0 Å². The van der Waals surface area contributed by atoms with Crippen molar-refractivity contribution < 1.29 is 27.5 Å². The second kappa shape index (κ2) is 6.74. The van der Waals surface area contributed by atoms with E-state index in [2.05, 4.69) is 5.32 Å². The van der Waals surface area contributed by atoms with Gasteiger partial charge >= 0.3 is 0 Å². The van der Waals surface area contributed by atoms with Gasteiger partial charge < -0.3 is 14.8 Å². The predicted octanol–water partition coefficient (Wildman–Crippen LogP) is 0.636. The molecule has 0 spiro atoms. The number of rotatable bonds is 5. The summed E-state index contributed by atoms with van der Waals surface area (Å²) in [6.45, 7) is 3.30. The van der Waals surface area contributed by atoms with Crippen LogP contribution in [-0.2, 0) is 24.3 Å². The van der Waals surface area contributed by atoms with Crippen LogP contribution in [0.2, 0.25) is 0 Å². The zero-order chi connectivity index (χ0) is 18.1. The van der Waals surface area contributed by atoms with Gasteiger partial charge in [-0.05, 0) is 31.2 Å². The molecule has 1 N–H and O–H groups in total. The normalized spacial score (nSPS) is 21.5. The van der Waals surface area contributed by atoms with Gasteiger partial charge in [0, 0.05) is 24.9 Å². The molecule has 9 heteroatoms. The minimum atomic E-state index is -3.60. The third-order valence-electron chi connectivity index (χ3n) is 4.21. The highest BCUT2D eigenvalue weighted by Crippen LogP contribution is 2.25. The predicted molar refractivity (Wildman–Crippen MR) is 89.6 cm³/mol. The van der Waals surface area contributed by atoms with E-state index < -0.39 is 21.7 Å². The zero-order valence-corrected chi connectivity index (χ0v) is 14.7. The third kappa shape index (κ3) is 3.83. The maximum absolute atomic E-state index is 12.2. The maximum Gasteiger partial charge on any atom is 0.251 e. The molecule has 0 saturated carbocycles. The van der Waals surface area contributed by atoms with Crippen molar-refractivity contribution in [3.63, 3.8) is 0 Å². The Balaban J connectivity index is 1.60. The van der Waals surface area contributed by atoms with E-state index >= 15 is 0 Å². The van der Waals surface area contributed by atoms with Gasteiger partial charge in [-0.1, -0.05) is 0 Å². The molecular formula is C16H20N2O6S. The lowest BCUT2D eigenvalue weighted by Crippen LogP contribution is -2.33. The average molecular weight is 368 g/mol. The van der Waals surface area contributed by atoms with Crippen LogP contribution in [0.25, 0.3) is 0 Å². The van der Waals surface area contributed by atoms with E-state index in [4.69, 9.17) is 9.47 Å². The van der Waals surface area contributed by atoms with Crippen LogP contribution < -0.4 is 9.62 Å². The summed E-state index contributed by atoms with van der Waals surface area (Å²) >= 11 is 0. The number of nitrogens with one attached hydrogen (secondary N) is 1. The first kappa shape index (κ1) is 17.8. The Kier molecular flexibility index (Phi) is 4.81. The molecule has 0 atom stereocenters. The molecule has 2 saturated heterocycles. The Hall–Kier alpha value is -1.97. The van der Waals surface area contributed by atoms with Gasteiger partial charge in [0.25, 0.3) is 5.91 Å². The van der Waals surface area contributed by atoms with Crippen LogP contribution in [0.15, 0.2) is 24.3 Å². The molecule has 0 radical (unpaired) electrons. The summed E-state index contributed by atoms with van der Waals surface area (Å²) < 4.78 is 35.5. The van der Waals surface area contributed by atoms with E-state index in [-0.39, 0.29) is 23.8 Å². The summed E-state index contributed by atoms with van der Waals surface area (Å²) in [5.74, 6) is -1.59. The minimum absolute atomic E-state index is 0.0204. The summed E-state index contributed by atoms with van der Waals surface area (Å²) in [5.41, 5.74) is 0.630. The smallest absolute Gasteiger partial charge is 0.251 e. The lowest BCUT2D eigenvalue weighted by atomic mass is 10.1. The first-order valence-corrected chi connectivity index (χ1v) is 9.64. The molecule has 3 rings (SSSR count). The molecule has 0 bridgehead atoms. The van der Waals surface area contributed by atoms with E-state index in [0.29, 0.717) is 31.7 Å². The van der Waals surface area contributed by atoms with Crippen molar-refractivity contribution in [3.05, 3.63) is 29.8 Å². The number of amides is 2. The van der Waals surface area contributed by atoms with Gasteiger partial charge in [-0.15, -0.1) is 0 Å². The molecule has 2 aliphatic heterocycles. The number of sulfonamides is 1. The van der Waals surface area contributed by atoms with E-state index in [1.807, 2.05) is 6.92 Å². The lowest BCUT2D eigenvalue weighted by Gasteiger charge is -2.22. The van der Waals surface area contributed by atoms with Crippen LogP contribution in [0.1, 0.15) is 30.1 Å². The quantitative estimate of drug-likeness (QED) is 0.818. The van der Waals surface area contributed by atoms with Crippen LogP contribution in [0.4, 0.5) is 5.69 Å². The molecule has 136 valence electrons. The van der Waals surface area contributed by atoms with Crippen molar-refractivity contribution in [1.29, 1.82) is 0 Å². The Morgan fingerprint density at radius 3 is 2.44 bits per heavy atom. The van der Waals surface area contributed by atoms with E-state index in [0.717, 1.165) is 4.31 Å². The summed E-state index contributed by atoms with van der Waals surface area (Å²) in [5, 5.41) is 2.77. The standard InChI is InChI=1S/C16H20N2O6S/c1-16(23-9-10-24-16)7-8-17-15(20)12-2-4-13(5-3-12)18-14(19)6-11-25(18,21)22/h2-5H,6-11H2,1H3,(H,17,20). The Morgan fingerprint density at radius 1 is 1.24 bits per heavy atom. The number of benzene rings is 1. The number of carbonyl (C=O) groups excluding carboxylic acids is 2. The van der Waals surface area contributed by atoms with Crippen molar-refractivity contribution in [2.45, 2.75) is 25.6 Å². The highest BCUT2D eigenvalue weighted by atomic mass is 32.2. The first-order valence-electron chi connectivity index (χ1n) is 8.03. The molecule has 25 heavy (non-hydrogen) atoms. The number of hydrogen-bond donors (Lipinski definition) is 1. The fourth-order valence-corrected chi connectivity index (χ4v) is 4.28. The molecule has 8 nitrogen and oxygen atoms in total. The number of hydrogen-bond acceptors (Lipinski definition) is 6. The number of carbonyl (C=O) groups is 2. The third-order valence-corrected chi connectivity index (χ3v) is 5.90. The average Bonchev–Trinajstić information content (AvgIpc) is 3.11. The first-order chi connectivity index (χ1) is 11.8. The van der Waals surface area contributed by atoms with Crippen molar-refractivity contribution >= 4 is 27.5 Å². The second-order valence-corrected chi connectivity index (χ2v) is 8.04. The van der Waals surface area contributed by atoms with Gasteiger partial charge in [0.15, 0.2) is 5.79 Å². The molecule has 2 fully saturated rings. The Bertz CT molecular complexity index is 768. The molecule has 2 amide bonds. The fourth-order valence-electron chi connectivity index (χ4n) is 2.82. The fraction of sp³-hybridized carbons (Fsp3) is 0.500. The van der Waals surface area contributed by atoms with E-state index in [1.54, 1.807) is 0 Å². The van der Waals surface area contributed by atoms with Crippen LogP contribution in [0.5, 0.6) is 0 Å². The molecule has 0 aliphatic carbocycles. The summed E-state index contributed by atoms with van der Waals surface area (Å²) in [6.07, 6.45) is 0.505. The van der Waals surface area contributed by atoms with E-state index in [1.165, 1.54) is 24.3 Å². The Labute approximate surface area is 146 Å².